The largest absolute Gasteiger partial charge is 0.457 e. The number of alkyl halides is 3. The topological polar surface area (TPSA) is 75.3 Å². The molecule has 0 spiro atoms. The molecule has 0 saturated carbocycles. The second-order valence-corrected chi connectivity index (χ2v) is 7.75. The molecule has 2 aromatic carbocycles. The van der Waals surface area contributed by atoms with Crippen molar-refractivity contribution in [1.82, 2.24) is 15.6 Å². The summed E-state index contributed by atoms with van der Waals surface area (Å²) < 4.78 is 57.9. The Morgan fingerprint density at radius 1 is 1.06 bits per heavy atom. The highest BCUT2D eigenvalue weighted by Crippen LogP contribution is 2.33. The van der Waals surface area contributed by atoms with Crippen molar-refractivity contribution >= 4 is 11.6 Å². The SMILES string of the molecule is O=C(CCc1cccc(Oc2ccnc(C3NCCN3)c2)c1)Nc1ccc(F)c(C(F)(F)F)c1. The van der Waals surface area contributed by atoms with E-state index in [1.54, 1.807) is 30.5 Å². The molecule has 10 heteroatoms. The van der Waals surface area contributed by atoms with Crippen LogP contribution < -0.4 is 20.7 Å². The van der Waals surface area contributed by atoms with Crippen LogP contribution in [0.4, 0.5) is 23.2 Å². The fraction of sp³-hybridized carbons (Fsp3) is 0.250. The molecule has 3 N–H and O–H groups in total. The number of nitrogens with one attached hydrogen (secondary N) is 3. The van der Waals surface area contributed by atoms with Crippen LogP contribution in [-0.2, 0) is 17.4 Å². The van der Waals surface area contributed by atoms with Gasteiger partial charge >= 0.3 is 6.18 Å². The molecule has 1 aliphatic heterocycles. The lowest BCUT2D eigenvalue weighted by molar-refractivity contribution is -0.140. The molecule has 178 valence electrons. The van der Waals surface area contributed by atoms with Gasteiger partial charge in [0.2, 0.25) is 5.91 Å². The van der Waals surface area contributed by atoms with Crippen molar-refractivity contribution in [2.75, 3.05) is 18.4 Å². The first kappa shape index (κ1) is 23.7. The third-order valence-corrected chi connectivity index (χ3v) is 5.20. The lowest BCUT2D eigenvalue weighted by atomic mass is 10.1. The molecule has 0 bridgehead atoms. The maximum atomic E-state index is 13.4. The van der Waals surface area contributed by atoms with Gasteiger partial charge in [-0.05, 0) is 48.4 Å². The summed E-state index contributed by atoms with van der Waals surface area (Å²) in [5.74, 6) is -0.677. The van der Waals surface area contributed by atoms with Crippen LogP contribution in [0.15, 0.2) is 60.8 Å². The van der Waals surface area contributed by atoms with Gasteiger partial charge in [-0.25, -0.2) is 4.39 Å². The van der Waals surface area contributed by atoms with E-state index in [4.69, 9.17) is 4.74 Å². The average Bonchev–Trinajstić information content (AvgIpc) is 3.34. The number of hydrogen-bond donors (Lipinski definition) is 3. The number of benzene rings is 2. The van der Waals surface area contributed by atoms with Crippen molar-refractivity contribution in [2.24, 2.45) is 0 Å². The Balaban J connectivity index is 1.35. The summed E-state index contributed by atoms with van der Waals surface area (Å²) in [5, 5.41) is 8.96. The Labute approximate surface area is 193 Å². The van der Waals surface area contributed by atoms with Crippen LogP contribution in [0.5, 0.6) is 11.5 Å². The quantitative estimate of drug-likeness (QED) is 0.429. The number of anilines is 1. The number of amides is 1. The number of carbonyl (C=O) groups is 1. The van der Waals surface area contributed by atoms with Gasteiger partial charge < -0.3 is 10.1 Å². The fourth-order valence-corrected chi connectivity index (χ4v) is 3.57. The molecule has 1 fully saturated rings. The standard InChI is InChI=1S/C24H22F4N4O2/c25-20-6-5-16(13-19(20)24(26,27)28)32-22(33)7-4-15-2-1-3-17(12-15)34-18-8-9-29-21(14-18)23-30-10-11-31-23/h1-3,5-6,8-9,12-14,23,30-31H,4,7,10-11H2,(H,32,33). The maximum Gasteiger partial charge on any atom is 0.419 e. The minimum atomic E-state index is -4.84. The summed E-state index contributed by atoms with van der Waals surface area (Å²) in [5.41, 5.74) is 0.0953. The minimum Gasteiger partial charge on any atom is -0.457 e. The number of ether oxygens (including phenoxy) is 1. The molecule has 1 aromatic heterocycles. The van der Waals surface area contributed by atoms with Crippen LogP contribution >= 0.6 is 0 Å². The van der Waals surface area contributed by atoms with E-state index >= 15 is 0 Å². The van der Waals surface area contributed by atoms with Crippen LogP contribution in [0.1, 0.15) is 29.4 Å². The summed E-state index contributed by atoms with van der Waals surface area (Å²) in [6, 6.07) is 13.1. The van der Waals surface area contributed by atoms with Crippen molar-refractivity contribution < 1.29 is 27.1 Å². The third-order valence-electron chi connectivity index (χ3n) is 5.20. The summed E-state index contributed by atoms with van der Waals surface area (Å²) in [4.78, 5) is 16.6. The van der Waals surface area contributed by atoms with Gasteiger partial charge in [-0.2, -0.15) is 13.2 Å². The lowest BCUT2D eigenvalue weighted by Crippen LogP contribution is -2.22. The van der Waals surface area contributed by atoms with Gasteiger partial charge in [0, 0.05) is 37.5 Å². The van der Waals surface area contributed by atoms with Crippen LogP contribution in [0.2, 0.25) is 0 Å². The average molecular weight is 474 g/mol. The number of aryl methyl sites for hydroxylation is 1. The van der Waals surface area contributed by atoms with E-state index < -0.39 is 23.5 Å². The number of rotatable bonds is 7. The van der Waals surface area contributed by atoms with Gasteiger partial charge in [-0.15, -0.1) is 0 Å². The molecule has 34 heavy (non-hydrogen) atoms. The highest BCUT2D eigenvalue weighted by atomic mass is 19.4. The smallest absolute Gasteiger partial charge is 0.419 e. The second kappa shape index (κ2) is 10.2. The summed E-state index contributed by atoms with van der Waals surface area (Å²) in [7, 11) is 0. The fourth-order valence-electron chi connectivity index (χ4n) is 3.57. The van der Waals surface area contributed by atoms with Crippen LogP contribution in [0.3, 0.4) is 0 Å². The molecule has 0 unspecified atom stereocenters. The summed E-state index contributed by atoms with van der Waals surface area (Å²) >= 11 is 0. The van der Waals surface area contributed by atoms with E-state index in [-0.39, 0.29) is 18.3 Å². The van der Waals surface area contributed by atoms with E-state index in [0.717, 1.165) is 30.4 Å². The summed E-state index contributed by atoms with van der Waals surface area (Å²) in [6.45, 7) is 1.72. The van der Waals surface area contributed by atoms with Crippen molar-refractivity contribution in [3.05, 3.63) is 83.4 Å². The van der Waals surface area contributed by atoms with E-state index in [1.165, 1.54) is 0 Å². The zero-order valence-corrected chi connectivity index (χ0v) is 18.0. The maximum absolute atomic E-state index is 13.4. The molecule has 1 aliphatic rings. The number of nitrogens with zero attached hydrogens (tertiary/aromatic N) is 1. The molecule has 6 nitrogen and oxygen atoms in total. The molecule has 1 saturated heterocycles. The van der Waals surface area contributed by atoms with Crippen molar-refractivity contribution in [3.63, 3.8) is 0 Å². The van der Waals surface area contributed by atoms with Crippen molar-refractivity contribution in [1.29, 1.82) is 0 Å². The van der Waals surface area contributed by atoms with Gasteiger partial charge in [0.25, 0.3) is 0 Å². The monoisotopic (exact) mass is 474 g/mol. The second-order valence-electron chi connectivity index (χ2n) is 7.75. The zero-order valence-electron chi connectivity index (χ0n) is 18.0. The number of carbonyl (C=O) groups excluding carboxylic acids is 1. The van der Waals surface area contributed by atoms with E-state index in [0.29, 0.717) is 30.1 Å². The molecular formula is C24H22F4N4O2. The van der Waals surface area contributed by atoms with Crippen LogP contribution in [0.25, 0.3) is 0 Å². The third kappa shape index (κ3) is 6.09. The van der Waals surface area contributed by atoms with Crippen LogP contribution in [-0.4, -0.2) is 24.0 Å². The van der Waals surface area contributed by atoms with Crippen molar-refractivity contribution in [2.45, 2.75) is 25.2 Å². The minimum absolute atomic E-state index is 0.0262. The molecule has 0 aliphatic carbocycles. The van der Waals surface area contributed by atoms with Gasteiger partial charge in [0.05, 0.1) is 11.3 Å². The normalized spacial score (nSPS) is 14.2. The molecule has 1 amide bonds. The predicted molar refractivity (Wildman–Crippen MR) is 118 cm³/mol. The zero-order chi connectivity index (χ0) is 24.1. The van der Waals surface area contributed by atoms with E-state index in [1.807, 2.05) is 12.1 Å². The first-order chi connectivity index (χ1) is 16.3. The highest BCUT2D eigenvalue weighted by molar-refractivity contribution is 5.90. The predicted octanol–water partition coefficient (Wildman–Crippen LogP) is 4.79. The first-order valence-corrected chi connectivity index (χ1v) is 10.6. The molecule has 4 rings (SSSR count). The van der Waals surface area contributed by atoms with Crippen molar-refractivity contribution in [3.8, 4) is 11.5 Å². The lowest BCUT2D eigenvalue weighted by Gasteiger charge is -2.13. The van der Waals surface area contributed by atoms with Gasteiger partial charge in [0.15, 0.2) is 0 Å². The van der Waals surface area contributed by atoms with Gasteiger partial charge in [-0.1, -0.05) is 12.1 Å². The number of halogens is 4. The number of aromatic nitrogens is 1. The Hall–Kier alpha value is -3.50. The summed E-state index contributed by atoms with van der Waals surface area (Å²) in [6.07, 6.45) is -2.83. The van der Waals surface area contributed by atoms with E-state index in [9.17, 15) is 22.4 Å². The first-order valence-electron chi connectivity index (χ1n) is 10.6. The molecule has 0 radical (unpaired) electrons. The molecule has 3 aromatic rings. The van der Waals surface area contributed by atoms with Gasteiger partial charge in [0.1, 0.15) is 23.5 Å². The number of pyridine rings is 1. The Kier molecular flexibility index (Phi) is 7.09. The molecule has 0 atom stereocenters. The molecular weight excluding hydrogens is 452 g/mol. The van der Waals surface area contributed by atoms with E-state index in [2.05, 4.69) is 20.9 Å². The highest BCUT2D eigenvalue weighted by Gasteiger charge is 2.34. The number of hydrogen-bond acceptors (Lipinski definition) is 5. The molecule has 2 heterocycles. The Morgan fingerprint density at radius 3 is 2.59 bits per heavy atom. The van der Waals surface area contributed by atoms with Gasteiger partial charge in [-0.3, -0.25) is 20.4 Å². The Morgan fingerprint density at radius 2 is 1.82 bits per heavy atom. The Bertz CT molecular complexity index is 1160. The van der Waals surface area contributed by atoms with Crippen LogP contribution in [0, 0.1) is 5.82 Å².